The molecule has 7 nitrogen and oxygen atoms in total. The SMILES string of the molecule is C/C(=C\CCP(=O)(NCC1CC1)OCc1ccc(NC(=O)C(C)N)cc1F)CO. The van der Waals surface area contributed by atoms with E-state index >= 15 is 0 Å². The number of allylic oxidation sites excluding steroid dienone is 1. The molecule has 1 aromatic rings. The van der Waals surface area contributed by atoms with Crippen LogP contribution in [0.4, 0.5) is 10.1 Å². The first-order valence-electron chi connectivity index (χ1n) is 9.82. The Balaban J connectivity index is 1.99. The Hall–Kier alpha value is -1.57. The van der Waals surface area contributed by atoms with Gasteiger partial charge in [0, 0.05) is 24.0 Å². The molecule has 0 radical (unpaired) electrons. The fraction of sp³-hybridized carbons (Fsp3) is 0.550. The van der Waals surface area contributed by atoms with Gasteiger partial charge >= 0.3 is 0 Å². The normalized spacial score (nSPS) is 17.6. The molecule has 1 aliphatic carbocycles. The predicted molar refractivity (Wildman–Crippen MR) is 112 cm³/mol. The van der Waals surface area contributed by atoms with Crippen LogP contribution >= 0.6 is 7.52 Å². The third-order valence-corrected chi connectivity index (χ3v) is 6.70. The highest BCUT2D eigenvalue weighted by atomic mass is 31.2. The third kappa shape index (κ3) is 8.36. The minimum absolute atomic E-state index is 0.0440. The molecule has 0 aliphatic heterocycles. The minimum atomic E-state index is -3.16. The highest BCUT2D eigenvalue weighted by molar-refractivity contribution is 7.56. The van der Waals surface area contributed by atoms with Crippen LogP contribution in [0, 0.1) is 11.7 Å². The van der Waals surface area contributed by atoms with Crippen LogP contribution in [0.3, 0.4) is 0 Å². The maximum absolute atomic E-state index is 14.4. The second-order valence-corrected chi connectivity index (χ2v) is 9.93. The molecule has 1 aliphatic rings. The second-order valence-electron chi connectivity index (χ2n) is 7.56. The smallest absolute Gasteiger partial charge is 0.270 e. The molecule has 5 N–H and O–H groups in total. The summed E-state index contributed by atoms with van der Waals surface area (Å²) in [5.41, 5.74) is 6.84. The minimum Gasteiger partial charge on any atom is -0.392 e. The molecule has 162 valence electrons. The molecule has 2 atom stereocenters. The number of hydrogen-bond donors (Lipinski definition) is 4. The number of anilines is 1. The van der Waals surface area contributed by atoms with E-state index in [2.05, 4.69) is 10.4 Å². The zero-order valence-electron chi connectivity index (χ0n) is 17.0. The Morgan fingerprint density at radius 2 is 2.21 bits per heavy atom. The van der Waals surface area contributed by atoms with Gasteiger partial charge in [-0.15, -0.1) is 0 Å². The van der Waals surface area contributed by atoms with Crippen LogP contribution < -0.4 is 16.1 Å². The average Bonchev–Trinajstić information content (AvgIpc) is 3.50. The quantitative estimate of drug-likeness (QED) is 0.301. The van der Waals surface area contributed by atoms with Crippen molar-refractivity contribution in [1.29, 1.82) is 0 Å². The Morgan fingerprint density at radius 1 is 1.48 bits per heavy atom. The van der Waals surface area contributed by atoms with Gasteiger partial charge in [-0.1, -0.05) is 17.7 Å². The second kappa shape index (κ2) is 11.0. The van der Waals surface area contributed by atoms with Crippen molar-refractivity contribution in [3.63, 3.8) is 0 Å². The number of hydrogen-bond acceptors (Lipinski definition) is 5. The molecule has 9 heteroatoms. The Labute approximate surface area is 171 Å². The van der Waals surface area contributed by atoms with Crippen LogP contribution in [0.25, 0.3) is 0 Å². The number of carbonyl (C=O) groups is 1. The summed E-state index contributed by atoms with van der Waals surface area (Å²) in [6.45, 7) is 3.76. The number of aliphatic hydroxyl groups excluding tert-OH is 1. The van der Waals surface area contributed by atoms with Gasteiger partial charge in [0.1, 0.15) is 5.82 Å². The monoisotopic (exact) mass is 427 g/mol. The largest absolute Gasteiger partial charge is 0.392 e. The van der Waals surface area contributed by atoms with Gasteiger partial charge in [0.2, 0.25) is 5.91 Å². The standard InChI is InChI=1S/C20H31FN3O4P/c1-14(12-25)4-3-9-29(27,23-11-16-5-6-16)28-13-17-7-8-18(10-19(17)21)24-20(26)15(2)22/h4,7-8,10,15-16,25H,3,5-6,9,11-13,22H2,1-2H3,(H,23,27)(H,24,26)/b14-4+. The van der Waals surface area contributed by atoms with E-state index in [1.807, 2.05) is 6.08 Å². The molecule has 2 rings (SSSR count). The summed E-state index contributed by atoms with van der Waals surface area (Å²) in [5, 5.41) is 14.6. The van der Waals surface area contributed by atoms with Crippen molar-refractivity contribution < 1.29 is 23.4 Å². The summed E-state index contributed by atoms with van der Waals surface area (Å²) in [7, 11) is -3.16. The number of benzene rings is 1. The van der Waals surface area contributed by atoms with E-state index in [0.29, 0.717) is 24.6 Å². The molecule has 0 heterocycles. The lowest BCUT2D eigenvalue weighted by Crippen LogP contribution is -2.32. The maximum atomic E-state index is 14.4. The van der Waals surface area contributed by atoms with Gasteiger partial charge in [0.05, 0.1) is 19.3 Å². The Kier molecular flexibility index (Phi) is 8.99. The van der Waals surface area contributed by atoms with Crippen molar-refractivity contribution >= 4 is 19.1 Å². The van der Waals surface area contributed by atoms with E-state index in [1.165, 1.54) is 19.1 Å². The van der Waals surface area contributed by atoms with Crippen molar-refractivity contribution in [3.05, 3.63) is 41.2 Å². The van der Waals surface area contributed by atoms with Crippen molar-refractivity contribution in [2.24, 2.45) is 11.7 Å². The first kappa shape index (κ1) is 23.7. The van der Waals surface area contributed by atoms with Crippen LogP contribution in [-0.2, 0) is 20.5 Å². The number of aliphatic hydroxyl groups is 1. The molecule has 29 heavy (non-hydrogen) atoms. The fourth-order valence-electron chi connectivity index (χ4n) is 2.50. The lowest BCUT2D eigenvalue weighted by molar-refractivity contribution is -0.117. The van der Waals surface area contributed by atoms with Crippen molar-refractivity contribution in [1.82, 2.24) is 5.09 Å². The van der Waals surface area contributed by atoms with Gasteiger partial charge in [-0.2, -0.15) is 0 Å². The van der Waals surface area contributed by atoms with Crippen LogP contribution in [0.5, 0.6) is 0 Å². The van der Waals surface area contributed by atoms with E-state index in [4.69, 9.17) is 15.4 Å². The summed E-state index contributed by atoms with van der Waals surface area (Å²) in [6, 6.07) is 3.54. The number of rotatable bonds is 12. The highest BCUT2D eigenvalue weighted by Gasteiger charge is 2.28. The van der Waals surface area contributed by atoms with Crippen molar-refractivity contribution in [2.75, 3.05) is 24.6 Å². The molecule has 0 spiro atoms. The van der Waals surface area contributed by atoms with E-state index in [9.17, 15) is 13.8 Å². The van der Waals surface area contributed by atoms with E-state index in [0.717, 1.165) is 18.4 Å². The number of carbonyl (C=O) groups excluding carboxylic acids is 1. The maximum Gasteiger partial charge on any atom is 0.270 e. The molecule has 1 fully saturated rings. The first-order valence-corrected chi connectivity index (χ1v) is 11.6. The van der Waals surface area contributed by atoms with Crippen LogP contribution in [-0.4, -0.2) is 36.4 Å². The van der Waals surface area contributed by atoms with Crippen LogP contribution in [0.1, 0.15) is 38.7 Å². The average molecular weight is 427 g/mol. The van der Waals surface area contributed by atoms with Gasteiger partial charge in [0.15, 0.2) is 0 Å². The lowest BCUT2D eigenvalue weighted by Gasteiger charge is -2.20. The molecule has 0 saturated heterocycles. The lowest BCUT2D eigenvalue weighted by atomic mass is 10.2. The third-order valence-electron chi connectivity index (χ3n) is 4.65. The summed E-state index contributed by atoms with van der Waals surface area (Å²) in [5.74, 6) is -0.447. The molecule has 1 amide bonds. The molecule has 0 bridgehead atoms. The van der Waals surface area contributed by atoms with Gasteiger partial charge in [-0.05, 0) is 51.2 Å². The fourth-order valence-corrected chi connectivity index (χ4v) is 4.23. The van der Waals surface area contributed by atoms with Crippen molar-refractivity contribution in [2.45, 2.75) is 45.8 Å². The summed E-state index contributed by atoms with van der Waals surface area (Å²) in [6.07, 6.45) is 4.80. The Morgan fingerprint density at radius 3 is 2.79 bits per heavy atom. The first-order chi connectivity index (χ1) is 13.7. The number of nitrogens with one attached hydrogen (secondary N) is 2. The van der Waals surface area contributed by atoms with Gasteiger partial charge in [-0.3, -0.25) is 9.36 Å². The number of nitrogens with two attached hydrogens (primary N) is 1. The Bertz CT molecular complexity index is 781. The zero-order valence-corrected chi connectivity index (χ0v) is 17.9. The number of halogens is 1. The van der Waals surface area contributed by atoms with Crippen LogP contribution in [0.15, 0.2) is 29.8 Å². The predicted octanol–water partition coefficient (Wildman–Crippen LogP) is 3.15. The molecule has 0 aromatic heterocycles. The highest BCUT2D eigenvalue weighted by Crippen LogP contribution is 2.45. The number of amides is 1. The van der Waals surface area contributed by atoms with Gasteiger partial charge in [0.25, 0.3) is 7.52 Å². The summed E-state index contributed by atoms with van der Waals surface area (Å²) >= 11 is 0. The topological polar surface area (TPSA) is 114 Å². The van der Waals surface area contributed by atoms with E-state index in [-0.39, 0.29) is 24.9 Å². The van der Waals surface area contributed by atoms with Gasteiger partial charge < -0.3 is 20.7 Å². The molecule has 2 unspecified atom stereocenters. The van der Waals surface area contributed by atoms with Crippen LogP contribution in [0.2, 0.25) is 0 Å². The molecular formula is C20H31FN3O4P. The van der Waals surface area contributed by atoms with Crippen molar-refractivity contribution in [3.8, 4) is 0 Å². The summed E-state index contributed by atoms with van der Waals surface area (Å²) in [4.78, 5) is 11.6. The molecular weight excluding hydrogens is 396 g/mol. The van der Waals surface area contributed by atoms with E-state index in [1.54, 1.807) is 13.0 Å². The molecule has 1 saturated carbocycles. The zero-order chi connectivity index (χ0) is 21.4. The molecule has 1 aromatic carbocycles. The van der Waals surface area contributed by atoms with Gasteiger partial charge in [-0.25, -0.2) is 9.48 Å². The van der Waals surface area contributed by atoms with E-state index < -0.39 is 25.3 Å². The summed E-state index contributed by atoms with van der Waals surface area (Å²) < 4.78 is 33.2.